The Morgan fingerprint density at radius 1 is 1.24 bits per heavy atom. The van der Waals surface area contributed by atoms with Gasteiger partial charge in [-0.2, -0.15) is 13.2 Å². The number of halogens is 3. The van der Waals surface area contributed by atoms with Crippen LogP contribution in [-0.2, 0) is 6.18 Å². The fraction of sp³-hybridized carbons (Fsp3) is 0.533. The molecule has 1 aliphatic rings. The summed E-state index contributed by atoms with van der Waals surface area (Å²) >= 11 is 4.70. The zero-order valence-corrected chi connectivity index (χ0v) is 12.7. The van der Waals surface area contributed by atoms with Gasteiger partial charge in [0, 0.05) is 16.8 Å². The van der Waals surface area contributed by atoms with Gasteiger partial charge in [-0.05, 0) is 38.0 Å². The molecule has 0 spiro atoms. The molecule has 0 unspecified atom stereocenters. The van der Waals surface area contributed by atoms with Gasteiger partial charge in [-0.25, -0.2) is 0 Å². The van der Waals surface area contributed by atoms with Crippen LogP contribution in [0.5, 0.6) is 0 Å². The van der Waals surface area contributed by atoms with Gasteiger partial charge in [0.2, 0.25) is 0 Å². The highest BCUT2D eigenvalue weighted by Crippen LogP contribution is 2.36. The standard InChI is InChI=1S/C15H19F3N2S/c1-14(7-3-2-4-8-14)20-10-5-6-11(13(19)21)12(9-10)15(16,17)18/h5-6,9,20H,2-4,7-8H2,1H3,(H2,19,21). The van der Waals surface area contributed by atoms with Gasteiger partial charge >= 0.3 is 6.18 Å². The van der Waals surface area contributed by atoms with Crippen molar-refractivity contribution < 1.29 is 13.2 Å². The fourth-order valence-electron chi connectivity index (χ4n) is 2.88. The topological polar surface area (TPSA) is 38.0 Å². The van der Waals surface area contributed by atoms with Crippen molar-refractivity contribution in [2.24, 2.45) is 5.73 Å². The van der Waals surface area contributed by atoms with Gasteiger partial charge in [0.15, 0.2) is 0 Å². The summed E-state index contributed by atoms with van der Waals surface area (Å²) in [5.41, 5.74) is 4.79. The van der Waals surface area contributed by atoms with Crippen molar-refractivity contribution in [3.05, 3.63) is 29.3 Å². The highest BCUT2D eigenvalue weighted by atomic mass is 32.1. The second-order valence-corrected chi connectivity index (χ2v) is 6.31. The third-order valence-corrected chi connectivity index (χ3v) is 4.21. The number of thiocarbonyl (C=S) groups is 1. The van der Waals surface area contributed by atoms with Crippen molar-refractivity contribution in [1.29, 1.82) is 0 Å². The van der Waals surface area contributed by atoms with Crippen LogP contribution in [0, 0.1) is 0 Å². The number of alkyl halides is 3. The molecule has 1 aromatic rings. The first-order valence-corrected chi connectivity index (χ1v) is 7.41. The molecule has 1 aromatic carbocycles. The molecule has 116 valence electrons. The lowest BCUT2D eigenvalue weighted by Gasteiger charge is -2.35. The summed E-state index contributed by atoms with van der Waals surface area (Å²) in [7, 11) is 0. The molecule has 6 heteroatoms. The Balaban J connectivity index is 2.31. The lowest BCUT2D eigenvalue weighted by atomic mass is 9.83. The van der Waals surface area contributed by atoms with Crippen LogP contribution >= 0.6 is 12.2 Å². The van der Waals surface area contributed by atoms with Gasteiger partial charge < -0.3 is 11.1 Å². The number of nitrogens with one attached hydrogen (secondary N) is 1. The van der Waals surface area contributed by atoms with E-state index in [1.165, 1.54) is 12.5 Å². The summed E-state index contributed by atoms with van der Waals surface area (Å²) in [6, 6.07) is 4.07. The molecular formula is C15H19F3N2S. The fourth-order valence-corrected chi connectivity index (χ4v) is 3.05. The highest BCUT2D eigenvalue weighted by Gasteiger charge is 2.35. The van der Waals surface area contributed by atoms with Crippen LogP contribution in [0.15, 0.2) is 18.2 Å². The van der Waals surface area contributed by atoms with E-state index in [1.807, 2.05) is 0 Å². The van der Waals surface area contributed by atoms with E-state index in [-0.39, 0.29) is 16.1 Å². The molecule has 0 atom stereocenters. The summed E-state index contributed by atoms with van der Waals surface area (Å²) in [6.45, 7) is 2.06. The van der Waals surface area contributed by atoms with Gasteiger partial charge in [0.25, 0.3) is 0 Å². The monoisotopic (exact) mass is 316 g/mol. The third-order valence-electron chi connectivity index (χ3n) is 3.99. The van der Waals surface area contributed by atoms with Gasteiger partial charge in [0.05, 0.1) is 5.56 Å². The second-order valence-electron chi connectivity index (χ2n) is 5.87. The van der Waals surface area contributed by atoms with Crippen LogP contribution in [-0.4, -0.2) is 10.5 Å². The lowest BCUT2D eigenvalue weighted by molar-refractivity contribution is -0.137. The van der Waals surface area contributed by atoms with Gasteiger partial charge in [-0.15, -0.1) is 0 Å². The first-order valence-electron chi connectivity index (χ1n) is 7.00. The average molecular weight is 316 g/mol. The molecule has 2 rings (SSSR count). The van der Waals surface area contributed by atoms with Crippen LogP contribution in [0.1, 0.15) is 50.2 Å². The largest absolute Gasteiger partial charge is 0.417 e. The van der Waals surface area contributed by atoms with Gasteiger partial charge in [-0.3, -0.25) is 0 Å². The number of benzene rings is 1. The summed E-state index contributed by atoms with van der Waals surface area (Å²) in [5.74, 6) is 0. The van der Waals surface area contributed by atoms with E-state index in [0.29, 0.717) is 5.69 Å². The van der Waals surface area contributed by atoms with Crippen LogP contribution in [0.2, 0.25) is 0 Å². The van der Waals surface area contributed by atoms with Crippen LogP contribution in [0.3, 0.4) is 0 Å². The summed E-state index contributed by atoms with van der Waals surface area (Å²) in [6.07, 6.45) is 0.841. The van der Waals surface area contributed by atoms with E-state index in [0.717, 1.165) is 31.7 Å². The van der Waals surface area contributed by atoms with Crippen molar-refractivity contribution in [1.82, 2.24) is 0 Å². The number of anilines is 1. The quantitative estimate of drug-likeness (QED) is 0.808. The Labute approximate surface area is 127 Å². The molecule has 1 aliphatic carbocycles. The molecular weight excluding hydrogens is 297 g/mol. The zero-order chi connectivity index (χ0) is 15.7. The molecule has 1 saturated carbocycles. The molecule has 21 heavy (non-hydrogen) atoms. The van der Waals surface area contributed by atoms with Crippen molar-refractivity contribution >= 4 is 22.9 Å². The maximum Gasteiger partial charge on any atom is 0.417 e. The molecule has 0 aromatic heterocycles. The van der Waals surface area contributed by atoms with E-state index in [1.54, 1.807) is 6.07 Å². The van der Waals surface area contributed by atoms with E-state index < -0.39 is 11.7 Å². The SMILES string of the molecule is CC1(Nc2ccc(C(N)=S)c(C(F)(F)F)c2)CCCCC1. The van der Waals surface area contributed by atoms with Crippen molar-refractivity contribution in [2.45, 2.75) is 50.7 Å². The molecule has 0 saturated heterocycles. The van der Waals surface area contributed by atoms with E-state index in [9.17, 15) is 13.2 Å². The van der Waals surface area contributed by atoms with E-state index in [2.05, 4.69) is 12.2 Å². The smallest absolute Gasteiger partial charge is 0.389 e. The molecule has 0 aliphatic heterocycles. The number of hydrogen-bond donors (Lipinski definition) is 2. The number of hydrogen-bond acceptors (Lipinski definition) is 2. The zero-order valence-electron chi connectivity index (χ0n) is 11.9. The summed E-state index contributed by atoms with van der Waals surface area (Å²) < 4.78 is 39.4. The Kier molecular flexibility index (Phi) is 4.46. The Bertz CT molecular complexity index is 534. The van der Waals surface area contributed by atoms with Crippen LogP contribution < -0.4 is 11.1 Å². The van der Waals surface area contributed by atoms with Crippen LogP contribution in [0.4, 0.5) is 18.9 Å². The van der Waals surface area contributed by atoms with Gasteiger partial charge in [-0.1, -0.05) is 31.5 Å². The second kappa shape index (κ2) is 5.83. The molecule has 0 bridgehead atoms. The molecule has 0 heterocycles. The molecule has 0 amide bonds. The predicted molar refractivity (Wildman–Crippen MR) is 82.4 cm³/mol. The highest BCUT2D eigenvalue weighted by molar-refractivity contribution is 7.80. The normalized spacial score (nSPS) is 18.3. The first kappa shape index (κ1) is 16.1. The number of rotatable bonds is 3. The minimum Gasteiger partial charge on any atom is -0.389 e. The minimum atomic E-state index is -4.47. The molecule has 2 nitrogen and oxygen atoms in total. The minimum absolute atomic E-state index is 0.128. The molecule has 0 radical (unpaired) electrons. The van der Waals surface area contributed by atoms with Crippen molar-refractivity contribution in [2.75, 3.05) is 5.32 Å². The lowest BCUT2D eigenvalue weighted by Crippen LogP contribution is -2.36. The maximum atomic E-state index is 13.1. The van der Waals surface area contributed by atoms with E-state index in [4.69, 9.17) is 18.0 Å². The van der Waals surface area contributed by atoms with Gasteiger partial charge in [0.1, 0.15) is 4.99 Å². The van der Waals surface area contributed by atoms with Crippen LogP contribution in [0.25, 0.3) is 0 Å². The number of nitrogens with two attached hydrogens (primary N) is 1. The first-order chi connectivity index (χ1) is 9.71. The predicted octanol–water partition coefficient (Wildman–Crippen LogP) is 4.47. The molecule has 1 fully saturated rings. The maximum absolute atomic E-state index is 13.1. The van der Waals surface area contributed by atoms with Crippen molar-refractivity contribution in [3.8, 4) is 0 Å². The molecule has 3 N–H and O–H groups in total. The van der Waals surface area contributed by atoms with Crippen molar-refractivity contribution in [3.63, 3.8) is 0 Å². The Hall–Kier alpha value is -1.30. The summed E-state index contributed by atoms with van der Waals surface area (Å²) in [4.78, 5) is -0.238. The Morgan fingerprint density at radius 2 is 1.86 bits per heavy atom. The third kappa shape index (κ3) is 3.87. The Morgan fingerprint density at radius 3 is 2.38 bits per heavy atom. The van der Waals surface area contributed by atoms with E-state index >= 15 is 0 Å². The summed E-state index contributed by atoms with van der Waals surface area (Å²) in [5, 5.41) is 3.25. The average Bonchev–Trinajstić information content (AvgIpc) is 2.37.